The van der Waals surface area contributed by atoms with Crippen molar-refractivity contribution in [3.63, 3.8) is 0 Å². The Morgan fingerprint density at radius 1 is 1.33 bits per heavy atom. The van der Waals surface area contributed by atoms with Gasteiger partial charge in [0.25, 0.3) is 5.69 Å². The summed E-state index contributed by atoms with van der Waals surface area (Å²) in [5.74, 6) is 0.808. The lowest BCUT2D eigenvalue weighted by atomic mass is 10.2. The topological polar surface area (TPSA) is 98.2 Å². The second-order valence-corrected chi connectivity index (χ2v) is 3.61. The van der Waals surface area contributed by atoms with E-state index in [1.165, 1.54) is 12.4 Å². The van der Waals surface area contributed by atoms with E-state index in [0.29, 0.717) is 17.3 Å². The SMILES string of the molecule is CN(c1cc(N)ncn1)c1ccccc1[N+](=O)[O-]. The fourth-order valence-corrected chi connectivity index (χ4v) is 1.57. The van der Waals surface area contributed by atoms with Crippen LogP contribution in [-0.4, -0.2) is 21.9 Å². The molecule has 1 heterocycles. The summed E-state index contributed by atoms with van der Waals surface area (Å²) in [4.78, 5) is 19.9. The minimum absolute atomic E-state index is 0.0113. The van der Waals surface area contributed by atoms with Crippen LogP contribution < -0.4 is 10.6 Å². The fourth-order valence-electron chi connectivity index (χ4n) is 1.57. The van der Waals surface area contributed by atoms with E-state index in [-0.39, 0.29) is 5.69 Å². The van der Waals surface area contributed by atoms with Crippen LogP contribution in [0.15, 0.2) is 36.7 Å². The van der Waals surface area contributed by atoms with Crippen LogP contribution in [0.1, 0.15) is 0 Å². The Balaban J connectivity index is 2.46. The largest absolute Gasteiger partial charge is 0.384 e. The summed E-state index contributed by atoms with van der Waals surface area (Å²) in [6.45, 7) is 0. The van der Waals surface area contributed by atoms with Crippen LogP contribution in [-0.2, 0) is 0 Å². The molecule has 2 N–H and O–H groups in total. The van der Waals surface area contributed by atoms with E-state index >= 15 is 0 Å². The lowest BCUT2D eigenvalue weighted by Gasteiger charge is -2.17. The first-order valence-corrected chi connectivity index (χ1v) is 5.14. The number of hydrogen-bond acceptors (Lipinski definition) is 6. The van der Waals surface area contributed by atoms with E-state index < -0.39 is 4.92 Å². The van der Waals surface area contributed by atoms with Gasteiger partial charge in [0.1, 0.15) is 23.7 Å². The first-order chi connectivity index (χ1) is 8.59. The van der Waals surface area contributed by atoms with Gasteiger partial charge in [-0.3, -0.25) is 10.1 Å². The molecule has 1 aromatic heterocycles. The van der Waals surface area contributed by atoms with Crippen LogP contribution in [0.2, 0.25) is 0 Å². The first kappa shape index (κ1) is 11.8. The highest BCUT2D eigenvalue weighted by atomic mass is 16.6. The normalized spacial score (nSPS) is 10.1. The summed E-state index contributed by atoms with van der Waals surface area (Å²) in [6.07, 6.45) is 1.32. The van der Waals surface area contributed by atoms with Crippen molar-refractivity contribution >= 4 is 23.0 Å². The van der Waals surface area contributed by atoms with Gasteiger partial charge < -0.3 is 10.6 Å². The highest BCUT2D eigenvalue weighted by molar-refractivity contribution is 5.70. The molecule has 0 amide bonds. The van der Waals surface area contributed by atoms with E-state index in [4.69, 9.17) is 5.73 Å². The minimum Gasteiger partial charge on any atom is -0.384 e. The Hall–Kier alpha value is -2.70. The molecule has 0 atom stereocenters. The highest BCUT2D eigenvalue weighted by Crippen LogP contribution is 2.30. The van der Waals surface area contributed by atoms with Crippen molar-refractivity contribution in [2.24, 2.45) is 0 Å². The zero-order valence-electron chi connectivity index (χ0n) is 9.65. The van der Waals surface area contributed by atoms with Gasteiger partial charge in [-0.2, -0.15) is 0 Å². The van der Waals surface area contributed by atoms with Crippen molar-refractivity contribution < 1.29 is 4.92 Å². The maximum absolute atomic E-state index is 10.9. The van der Waals surface area contributed by atoms with Crippen LogP contribution in [0.3, 0.4) is 0 Å². The third kappa shape index (κ3) is 2.19. The molecule has 0 aliphatic carbocycles. The maximum Gasteiger partial charge on any atom is 0.292 e. The molecule has 92 valence electrons. The molecule has 0 unspecified atom stereocenters. The zero-order valence-corrected chi connectivity index (χ0v) is 9.65. The lowest BCUT2D eigenvalue weighted by molar-refractivity contribution is -0.384. The smallest absolute Gasteiger partial charge is 0.292 e. The van der Waals surface area contributed by atoms with Crippen molar-refractivity contribution in [2.75, 3.05) is 17.7 Å². The van der Waals surface area contributed by atoms with E-state index in [1.54, 1.807) is 36.2 Å². The van der Waals surface area contributed by atoms with Gasteiger partial charge in [-0.05, 0) is 6.07 Å². The predicted octanol–water partition coefficient (Wildman–Crippen LogP) is 1.73. The summed E-state index contributed by atoms with van der Waals surface area (Å²) in [7, 11) is 1.68. The molecular formula is C11H11N5O2. The molecule has 7 heteroatoms. The Bertz CT molecular complexity index is 587. The molecule has 18 heavy (non-hydrogen) atoms. The monoisotopic (exact) mass is 245 g/mol. The Morgan fingerprint density at radius 3 is 2.72 bits per heavy atom. The molecule has 0 saturated heterocycles. The third-order valence-corrected chi connectivity index (χ3v) is 2.46. The molecule has 2 rings (SSSR count). The van der Waals surface area contributed by atoms with Crippen LogP contribution in [0.25, 0.3) is 0 Å². The van der Waals surface area contributed by atoms with E-state index in [2.05, 4.69) is 9.97 Å². The van der Waals surface area contributed by atoms with Gasteiger partial charge in [0.2, 0.25) is 0 Å². The van der Waals surface area contributed by atoms with Crippen LogP contribution in [0, 0.1) is 10.1 Å². The van der Waals surface area contributed by atoms with Gasteiger partial charge in [-0.25, -0.2) is 9.97 Å². The maximum atomic E-state index is 10.9. The number of nitro benzene ring substituents is 1. The summed E-state index contributed by atoms with van der Waals surface area (Å²) < 4.78 is 0. The zero-order chi connectivity index (χ0) is 13.1. The number of rotatable bonds is 3. The standard InChI is InChI=1S/C11H11N5O2/c1-15(11-6-10(12)13-7-14-11)8-4-2-3-5-9(8)16(17)18/h2-7H,1H3,(H2,12,13,14). The van der Waals surface area contributed by atoms with Gasteiger partial charge in [0.15, 0.2) is 0 Å². The first-order valence-electron chi connectivity index (χ1n) is 5.14. The Kier molecular flexibility index (Phi) is 3.05. The number of benzene rings is 1. The van der Waals surface area contributed by atoms with Gasteiger partial charge >= 0.3 is 0 Å². The Labute approximate surface area is 103 Å². The van der Waals surface area contributed by atoms with Crippen molar-refractivity contribution in [1.29, 1.82) is 0 Å². The van der Waals surface area contributed by atoms with Gasteiger partial charge in [-0.15, -0.1) is 0 Å². The minimum atomic E-state index is -0.434. The molecule has 0 spiro atoms. The van der Waals surface area contributed by atoms with E-state index in [1.807, 2.05) is 0 Å². The van der Waals surface area contributed by atoms with Crippen LogP contribution in [0.5, 0.6) is 0 Å². The molecule has 2 aromatic rings. The van der Waals surface area contributed by atoms with Crippen LogP contribution in [0.4, 0.5) is 23.0 Å². The average Bonchev–Trinajstić information content (AvgIpc) is 2.38. The third-order valence-electron chi connectivity index (χ3n) is 2.46. The van der Waals surface area contributed by atoms with Crippen molar-refractivity contribution in [3.05, 3.63) is 46.8 Å². The number of hydrogen-bond donors (Lipinski definition) is 1. The summed E-state index contributed by atoms with van der Waals surface area (Å²) in [5, 5.41) is 10.9. The number of nitro groups is 1. The van der Waals surface area contributed by atoms with E-state index in [0.717, 1.165) is 0 Å². The fraction of sp³-hybridized carbons (Fsp3) is 0.0909. The van der Waals surface area contributed by atoms with Crippen molar-refractivity contribution in [1.82, 2.24) is 9.97 Å². The summed E-state index contributed by atoms with van der Waals surface area (Å²) in [5.41, 5.74) is 6.02. The Morgan fingerprint density at radius 2 is 2.06 bits per heavy atom. The summed E-state index contributed by atoms with van der Waals surface area (Å²) >= 11 is 0. The van der Waals surface area contributed by atoms with Gasteiger partial charge in [0.05, 0.1) is 4.92 Å². The second kappa shape index (κ2) is 4.66. The number of aromatic nitrogens is 2. The number of nitrogen functional groups attached to an aromatic ring is 1. The number of para-hydroxylation sites is 2. The van der Waals surface area contributed by atoms with Crippen molar-refractivity contribution in [3.8, 4) is 0 Å². The number of nitrogens with two attached hydrogens (primary N) is 1. The molecular weight excluding hydrogens is 234 g/mol. The number of anilines is 3. The molecule has 0 saturated carbocycles. The lowest BCUT2D eigenvalue weighted by Crippen LogP contribution is -2.13. The molecule has 0 aliphatic rings. The van der Waals surface area contributed by atoms with Gasteiger partial charge in [0, 0.05) is 19.2 Å². The van der Waals surface area contributed by atoms with E-state index in [9.17, 15) is 10.1 Å². The van der Waals surface area contributed by atoms with Crippen molar-refractivity contribution in [2.45, 2.75) is 0 Å². The highest BCUT2D eigenvalue weighted by Gasteiger charge is 2.17. The second-order valence-electron chi connectivity index (χ2n) is 3.61. The van der Waals surface area contributed by atoms with Crippen LogP contribution >= 0.6 is 0 Å². The number of nitrogens with zero attached hydrogens (tertiary/aromatic N) is 4. The molecule has 0 bridgehead atoms. The molecule has 0 aliphatic heterocycles. The quantitative estimate of drug-likeness (QED) is 0.653. The molecule has 7 nitrogen and oxygen atoms in total. The summed E-state index contributed by atoms with van der Waals surface area (Å²) in [6, 6.07) is 7.98. The average molecular weight is 245 g/mol. The predicted molar refractivity (Wildman–Crippen MR) is 67.6 cm³/mol. The molecule has 0 radical (unpaired) electrons. The van der Waals surface area contributed by atoms with Gasteiger partial charge in [-0.1, -0.05) is 12.1 Å². The molecule has 1 aromatic carbocycles. The molecule has 0 fully saturated rings.